The fourth-order valence-electron chi connectivity index (χ4n) is 1.76. The zero-order valence-corrected chi connectivity index (χ0v) is 11.1. The second-order valence-corrected chi connectivity index (χ2v) is 5.04. The summed E-state index contributed by atoms with van der Waals surface area (Å²) in [6, 6.07) is 11.7. The summed E-state index contributed by atoms with van der Waals surface area (Å²) < 4.78 is 3.00. The molecular formula is C13H8BrClN2. The summed E-state index contributed by atoms with van der Waals surface area (Å²) in [5.41, 5.74) is 2.74. The number of nitrogens with zero attached hydrogens (tertiary/aromatic N) is 2. The van der Waals surface area contributed by atoms with Crippen molar-refractivity contribution in [3.8, 4) is 11.3 Å². The molecular weight excluding hydrogens is 300 g/mol. The maximum absolute atomic E-state index is 6.16. The minimum absolute atomic E-state index is 0.718. The molecule has 3 aromatic rings. The van der Waals surface area contributed by atoms with E-state index in [0.29, 0.717) is 0 Å². The van der Waals surface area contributed by atoms with Crippen LogP contribution in [-0.2, 0) is 0 Å². The van der Waals surface area contributed by atoms with E-state index in [4.69, 9.17) is 11.6 Å². The van der Waals surface area contributed by atoms with Crippen LogP contribution in [0.3, 0.4) is 0 Å². The Morgan fingerprint density at radius 1 is 1.06 bits per heavy atom. The lowest BCUT2D eigenvalue weighted by Gasteiger charge is -1.97. The van der Waals surface area contributed by atoms with Crippen molar-refractivity contribution in [2.24, 2.45) is 0 Å². The summed E-state index contributed by atoms with van der Waals surface area (Å²) in [6.45, 7) is 0. The topological polar surface area (TPSA) is 17.3 Å². The van der Waals surface area contributed by atoms with Crippen LogP contribution >= 0.6 is 27.5 Å². The number of hydrogen-bond acceptors (Lipinski definition) is 1. The largest absolute Gasteiger partial charge is 0.305 e. The second kappa shape index (κ2) is 4.17. The molecule has 2 aromatic heterocycles. The minimum atomic E-state index is 0.718. The Morgan fingerprint density at radius 3 is 2.71 bits per heavy atom. The Labute approximate surface area is 112 Å². The predicted molar refractivity (Wildman–Crippen MR) is 73.3 cm³/mol. The molecule has 0 saturated heterocycles. The molecule has 17 heavy (non-hydrogen) atoms. The molecule has 0 aliphatic heterocycles. The third-order valence-electron chi connectivity index (χ3n) is 2.56. The van der Waals surface area contributed by atoms with Crippen LogP contribution in [0.4, 0.5) is 0 Å². The van der Waals surface area contributed by atoms with Crippen molar-refractivity contribution in [3.63, 3.8) is 0 Å². The summed E-state index contributed by atoms with van der Waals surface area (Å²) in [4.78, 5) is 4.54. The first-order valence-corrected chi connectivity index (χ1v) is 6.30. The average Bonchev–Trinajstić information content (AvgIpc) is 2.72. The number of rotatable bonds is 1. The number of benzene rings is 1. The van der Waals surface area contributed by atoms with Gasteiger partial charge >= 0.3 is 0 Å². The van der Waals surface area contributed by atoms with E-state index in [2.05, 4.69) is 20.9 Å². The van der Waals surface area contributed by atoms with Crippen molar-refractivity contribution in [1.82, 2.24) is 9.38 Å². The lowest BCUT2D eigenvalue weighted by molar-refractivity contribution is 1.17. The van der Waals surface area contributed by atoms with Gasteiger partial charge in [-0.15, -0.1) is 0 Å². The van der Waals surface area contributed by atoms with E-state index in [1.807, 2.05) is 53.2 Å². The fourth-order valence-corrected chi connectivity index (χ4v) is 2.35. The van der Waals surface area contributed by atoms with E-state index in [0.717, 1.165) is 26.4 Å². The molecule has 0 unspecified atom stereocenters. The molecule has 3 rings (SSSR count). The Kier molecular flexibility index (Phi) is 2.65. The predicted octanol–water partition coefficient (Wildman–Crippen LogP) is 4.42. The van der Waals surface area contributed by atoms with Gasteiger partial charge < -0.3 is 4.40 Å². The molecule has 0 atom stereocenters. The number of imidazole rings is 1. The smallest absolute Gasteiger partial charge is 0.137 e. The van der Waals surface area contributed by atoms with Gasteiger partial charge in [0.2, 0.25) is 0 Å². The minimum Gasteiger partial charge on any atom is -0.305 e. The quantitative estimate of drug-likeness (QED) is 0.650. The third kappa shape index (κ3) is 1.96. The van der Waals surface area contributed by atoms with Gasteiger partial charge in [0.15, 0.2) is 0 Å². The van der Waals surface area contributed by atoms with Crippen molar-refractivity contribution in [1.29, 1.82) is 0 Å². The van der Waals surface area contributed by atoms with Crippen molar-refractivity contribution < 1.29 is 0 Å². The van der Waals surface area contributed by atoms with Crippen LogP contribution in [-0.4, -0.2) is 9.38 Å². The SMILES string of the molecule is Clc1ccccc1-c1cn2cc(Br)ccc2n1. The van der Waals surface area contributed by atoms with Gasteiger partial charge in [0, 0.05) is 22.4 Å². The summed E-state index contributed by atoms with van der Waals surface area (Å²) in [5, 5.41) is 0.718. The molecule has 0 amide bonds. The van der Waals surface area contributed by atoms with E-state index in [1.54, 1.807) is 0 Å². The van der Waals surface area contributed by atoms with Crippen LogP contribution in [0.2, 0.25) is 5.02 Å². The van der Waals surface area contributed by atoms with Crippen molar-refractivity contribution in [2.75, 3.05) is 0 Å². The van der Waals surface area contributed by atoms with E-state index >= 15 is 0 Å². The van der Waals surface area contributed by atoms with Crippen LogP contribution in [0.5, 0.6) is 0 Å². The highest BCUT2D eigenvalue weighted by molar-refractivity contribution is 9.10. The molecule has 0 aliphatic carbocycles. The first-order valence-electron chi connectivity index (χ1n) is 5.13. The van der Waals surface area contributed by atoms with Gasteiger partial charge in [-0.25, -0.2) is 4.98 Å². The van der Waals surface area contributed by atoms with E-state index < -0.39 is 0 Å². The molecule has 0 radical (unpaired) electrons. The van der Waals surface area contributed by atoms with Crippen molar-refractivity contribution >= 4 is 33.2 Å². The first-order chi connectivity index (χ1) is 8.24. The fraction of sp³-hybridized carbons (Fsp3) is 0. The molecule has 1 aromatic carbocycles. The Hall–Kier alpha value is -1.32. The van der Waals surface area contributed by atoms with E-state index in [-0.39, 0.29) is 0 Å². The summed E-state index contributed by atoms with van der Waals surface area (Å²) >= 11 is 9.60. The standard InChI is InChI=1S/C13H8BrClN2/c14-9-5-6-13-16-12(8-17(13)7-9)10-3-1-2-4-11(10)15/h1-8H. The van der Waals surface area contributed by atoms with Crippen LogP contribution in [0, 0.1) is 0 Å². The van der Waals surface area contributed by atoms with Gasteiger partial charge in [-0.3, -0.25) is 0 Å². The maximum atomic E-state index is 6.16. The van der Waals surface area contributed by atoms with Gasteiger partial charge in [-0.1, -0.05) is 29.8 Å². The molecule has 0 N–H and O–H groups in total. The number of pyridine rings is 1. The van der Waals surface area contributed by atoms with Crippen LogP contribution in [0.15, 0.2) is 53.3 Å². The van der Waals surface area contributed by atoms with E-state index in [1.165, 1.54) is 0 Å². The Balaban J connectivity index is 2.22. The molecule has 2 nitrogen and oxygen atoms in total. The highest BCUT2D eigenvalue weighted by Crippen LogP contribution is 2.27. The van der Waals surface area contributed by atoms with Gasteiger partial charge in [0.05, 0.1) is 10.7 Å². The number of aromatic nitrogens is 2. The monoisotopic (exact) mass is 306 g/mol. The zero-order chi connectivity index (χ0) is 11.8. The van der Waals surface area contributed by atoms with E-state index in [9.17, 15) is 0 Å². The van der Waals surface area contributed by atoms with Crippen LogP contribution in [0.25, 0.3) is 16.9 Å². The lowest BCUT2D eigenvalue weighted by atomic mass is 10.2. The molecule has 0 fully saturated rings. The maximum Gasteiger partial charge on any atom is 0.137 e. The summed E-state index contributed by atoms with van der Waals surface area (Å²) in [5.74, 6) is 0. The number of fused-ring (bicyclic) bond motifs is 1. The van der Waals surface area contributed by atoms with Crippen LogP contribution in [0.1, 0.15) is 0 Å². The van der Waals surface area contributed by atoms with Gasteiger partial charge in [0.25, 0.3) is 0 Å². The zero-order valence-electron chi connectivity index (χ0n) is 8.77. The first kappa shape index (κ1) is 10.8. The van der Waals surface area contributed by atoms with Crippen molar-refractivity contribution in [3.05, 3.63) is 58.3 Å². The highest BCUT2D eigenvalue weighted by atomic mass is 79.9. The Morgan fingerprint density at radius 2 is 1.88 bits per heavy atom. The normalized spacial score (nSPS) is 10.9. The molecule has 0 saturated carbocycles. The van der Waals surface area contributed by atoms with Gasteiger partial charge in [-0.05, 0) is 34.1 Å². The molecule has 4 heteroatoms. The lowest BCUT2D eigenvalue weighted by Crippen LogP contribution is -1.80. The second-order valence-electron chi connectivity index (χ2n) is 3.72. The summed E-state index contributed by atoms with van der Waals surface area (Å²) in [7, 11) is 0. The Bertz CT molecular complexity index is 691. The average molecular weight is 308 g/mol. The number of halogens is 2. The van der Waals surface area contributed by atoms with Crippen LogP contribution < -0.4 is 0 Å². The summed E-state index contributed by atoms with van der Waals surface area (Å²) in [6.07, 6.45) is 3.95. The van der Waals surface area contributed by atoms with Gasteiger partial charge in [0.1, 0.15) is 5.65 Å². The highest BCUT2D eigenvalue weighted by Gasteiger charge is 2.07. The van der Waals surface area contributed by atoms with Gasteiger partial charge in [-0.2, -0.15) is 0 Å². The molecule has 84 valence electrons. The van der Waals surface area contributed by atoms with Crippen molar-refractivity contribution in [2.45, 2.75) is 0 Å². The molecule has 0 spiro atoms. The molecule has 0 aliphatic rings. The third-order valence-corrected chi connectivity index (χ3v) is 3.36. The molecule has 2 heterocycles. The number of hydrogen-bond donors (Lipinski definition) is 0. The molecule has 0 bridgehead atoms.